The number of carbonyl (C=O) groups is 2. The van der Waals surface area contributed by atoms with Crippen molar-refractivity contribution in [2.75, 3.05) is 6.54 Å². The zero-order valence-electron chi connectivity index (χ0n) is 10.1. The summed E-state index contributed by atoms with van der Waals surface area (Å²) in [5, 5.41) is 5.32. The van der Waals surface area contributed by atoms with Crippen LogP contribution in [-0.4, -0.2) is 28.7 Å². The fourth-order valence-electron chi connectivity index (χ4n) is 1.10. The highest BCUT2D eigenvalue weighted by atomic mass is 35.5. The Balaban J connectivity index is 2.55. The molecule has 0 bridgehead atoms. The number of nitrogens with zero attached hydrogens (tertiary/aromatic N) is 1. The van der Waals surface area contributed by atoms with E-state index < -0.39 is 11.3 Å². The van der Waals surface area contributed by atoms with Gasteiger partial charge >= 0.3 is 6.03 Å². The summed E-state index contributed by atoms with van der Waals surface area (Å²) in [5.74, 6) is -0.382. The van der Waals surface area contributed by atoms with Gasteiger partial charge in [-0.05, 0) is 26.0 Å². The molecule has 0 radical (unpaired) electrons. The van der Waals surface area contributed by atoms with Gasteiger partial charge in [0.1, 0.15) is 5.03 Å². The number of aromatic nitrogens is 1. The van der Waals surface area contributed by atoms with E-state index >= 15 is 0 Å². The minimum Gasteiger partial charge on any atom is -0.338 e. The lowest BCUT2D eigenvalue weighted by Crippen LogP contribution is -2.42. The minimum absolute atomic E-state index is 0.382. The van der Waals surface area contributed by atoms with E-state index in [1.54, 1.807) is 32.2 Å². The first-order chi connectivity index (χ1) is 8.54. The average Bonchev–Trinajstić information content (AvgIpc) is 2.32. The number of urea groups is 1. The van der Waals surface area contributed by atoms with Gasteiger partial charge < -0.3 is 5.32 Å². The molecule has 0 aliphatic heterocycles. The number of carbonyl (C=O) groups excluding carboxylic acids is 2. The molecule has 0 aromatic carbocycles. The fraction of sp³-hybridized carbons (Fsp3) is 0.364. The maximum atomic E-state index is 11.7. The Morgan fingerprint density at radius 2 is 2.28 bits per heavy atom. The first-order valence-corrected chi connectivity index (χ1v) is 6.66. The summed E-state index contributed by atoms with van der Waals surface area (Å²) in [4.78, 5) is 26.9. The van der Waals surface area contributed by atoms with Crippen LogP contribution < -0.4 is 10.6 Å². The van der Waals surface area contributed by atoms with Gasteiger partial charge in [0.05, 0.1) is 10.3 Å². The van der Waals surface area contributed by atoms with Crippen molar-refractivity contribution in [3.05, 3.63) is 23.4 Å². The molecule has 1 aromatic rings. The van der Waals surface area contributed by atoms with Crippen molar-refractivity contribution >= 4 is 35.3 Å². The first-order valence-electron chi connectivity index (χ1n) is 5.40. The van der Waals surface area contributed by atoms with Crippen molar-refractivity contribution in [2.24, 2.45) is 0 Å². The Labute approximate surface area is 115 Å². The van der Waals surface area contributed by atoms with Gasteiger partial charge in [-0.2, -0.15) is 0 Å². The number of imide groups is 1. The van der Waals surface area contributed by atoms with E-state index in [9.17, 15) is 9.59 Å². The van der Waals surface area contributed by atoms with Crippen molar-refractivity contribution < 1.29 is 9.59 Å². The molecule has 1 atom stereocenters. The molecule has 18 heavy (non-hydrogen) atoms. The third-order valence-corrected chi connectivity index (χ3v) is 3.49. The van der Waals surface area contributed by atoms with Gasteiger partial charge in [-0.1, -0.05) is 23.4 Å². The van der Waals surface area contributed by atoms with E-state index in [4.69, 9.17) is 11.6 Å². The summed E-state index contributed by atoms with van der Waals surface area (Å²) in [5.41, 5.74) is 0. The molecule has 0 fully saturated rings. The quantitative estimate of drug-likeness (QED) is 0.832. The number of nitrogens with one attached hydrogen (secondary N) is 2. The van der Waals surface area contributed by atoms with Crippen LogP contribution in [0.4, 0.5) is 4.79 Å². The Hall–Kier alpha value is -1.27. The third kappa shape index (κ3) is 4.54. The van der Waals surface area contributed by atoms with Crippen LogP contribution in [0.25, 0.3) is 0 Å². The third-order valence-electron chi connectivity index (χ3n) is 1.96. The van der Waals surface area contributed by atoms with Gasteiger partial charge in [-0.15, -0.1) is 0 Å². The predicted molar refractivity (Wildman–Crippen MR) is 71.8 cm³/mol. The number of thioether (sulfide) groups is 1. The number of rotatable bonds is 4. The van der Waals surface area contributed by atoms with E-state index in [2.05, 4.69) is 15.6 Å². The summed E-state index contributed by atoms with van der Waals surface area (Å²) < 4.78 is 0. The van der Waals surface area contributed by atoms with Crippen molar-refractivity contribution in [2.45, 2.75) is 24.1 Å². The monoisotopic (exact) mass is 287 g/mol. The second-order valence-electron chi connectivity index (χ2n) is 3.40. The van der Waals surface area contributed by atoms with E-state index in [0.29, 0.717) is 16.6 Å². The average molecular weight is 288 g/mol. The molecule has 7 heteroatoms. The molecule has 0 spiro atoms. The number of pyridine rings is 1. The molecule has 1 rings (SSSR count). The lowest BCUT2D eigenvalue weighted by molar-refractivity contribution is -0.119. The van der Waals surface area contributed by atoms with Crippen molar-refractivity contribution in [1.29, 1.82) is 0 Å². The Morgan fingerprint density at radius 3 is 2.89 bits per heavy atom. The number of halogens is 1. The summed E-state index contributed by atoms with van der Waals surface area (Å²) in [7, 11) is 0. The van der Waals surface area contributed by atoms with Crippen LogP contribution in [0.1, 0.15) is 13.8 Å². The van der Waals surface area contributed by atoms with Crippen LogP contribution in [0.5, 0.6) is 0 Å². The van der Waals surface area contributed by atoms with Crippen LogP contribution in [0.15, 0.2) is 23.4 Å². The zero-order chi connectivity index (χ0) is 13.5. The van der Waals surface area contributed by atoms with E-state index in [1.807, 2.05) is 0 Å². The van der Waals surface area contributed by atoms with Gasteiger partial charge in [0, 0.05) is 12.7 Å². The highest BCUT2D eigenvalue weighted by molar-refractivity contribution is 8.00. The molecule has 98 valence electrons. The molecular weight excluding hydrogens is 274 g/mol. The molecule has 1 aromatic heterocycles. The SMILES string of the molecule is CCNC(=O)NC(=O)C(C)Sc1ncccc1Cl. The van der Waals surface area contributed by atoms with Gasteiger partial charge in [0.15, 0.2) is 0 Å². The number of hydrogen-bond acceptors (Lipinski definition) is 4. The predicted octanol–water partition coefficient (Wildman–Crippen LogP) is 2.06. The van der Waals surface area contributed by atoms with Gasteiger partial charge in [0.2, 0.25) is 5.91 Å². The molecule has 1 unspecified atom stereocenters. The topological polar surface area (TPSA) is 71.1 Å². The van der Waals surface area contributed by atoms with Crippen LogP contribution in [-0.2, 0) is 4.79 Å². The van der Waals surface area contributed by atoms with Crippen LogP contribution in [0, 0.1) is 0 Å². The molecule has 1 heterocycles. The molecule has 0 saturated carbocycles. The Bertz CT molecular complexity index is 442. The second kappa shape index (κ2) is 7.23. The van der Waals surface area contributed by atoms with Crippen LogP contribution in [0.3, 0.4) is 0 Å². The summed E-state index contributed by atoms with van der Waals surface area (Å²) >= 11 is 7.14. The standard InChI is InChI=1S/C11H14ClN3O2S/c1-3-13-11(17)15-9(16)7(2)18-10-8(12)5-4-6-14-10/h4-7H,3H2,1-2H3,(H2,13,15,16,17). The zero-order valence-corrected chi connectivity index (χ0v) is 11.6. The minimum atomic E-state index is -0.498. The van der Waals surface area contributed by atoms with Gasteiger partial charge in [-0.3, -0.25) is 10.1 Å². The molecule has 2 N–H and O–H groups in total. The van der Waals surface area contributed by atoms with Gasteiger partial charge in [0.25, 0.3) is 0 Å². The molecule has 0 aliphatic carbocycles. The summed E-state index contributed by atoms with van der Waals surface area (Å²) in [6.07, 6.45) is 1.60. The molecule has 3 amide bonds. The normalized spacial score (nSPS) is 11.7. The molecule has 0 aliphatic rings. The molecule has 0 saturated heterocycles. The first kappa shape index (κ1) is 14.8. The Morgan fingerprint density at radius 1 is 1.56 bits per heavy atom. The highest BCUT2D eigenvalue weighted by Crippen LogP contribution is 2.27. The van der Waals surface area contributed by atoms with E-state index in [0.717, 1.165) is 0 Å². The van der Waals surface area contributed by atoms with Crippen molar-refractivity contribution in [3.8, 4) is 0 Å². The van der Waals surface area contributed by atoms with E-state index in [1.165, 1.54) is 11.8 Å². The number of hydrogen-bond donors (Lipinski definition) is 2. The van der Waals surface area contributed by atoms with Crippen molar-refractivity contribution in [3.63, 3.8) is 0 Å². The fourth-order valence-corrected chi connectivity index (χ4v) is 2.16. The lowest BCUT2D eigenvalue weighted by atomic mass is 10.4. The highest BCUT2D eigenvalue weighted by Gasteiger charge is 2.18. The molecule has 5 nitrogen and oxygen atoms in total. The van der Waals surface area contributed by atoms with Crippen LogP contribution in [0.2, 0.25) is 5.02 Å². The molecular formula is C11H14ClN3O2S. The maximum Gasteiger partial charge on any atom is 0.321 e. The smallest absolute Gasteiger partial charge is 0.321 e. The lowest BCUT2D eigenvalue weighted by Gasteiger charge is -2.11. The largest absolute Gasteiger partial charge is 0.338 e. The van der Waals surface area contributed by atoms with Crippen molar-refractivity contribution in [1.82, 2.24) is 15.6 Å². The Kier molecular flexibility index (Phi) is 5.94. The number of amides is 3. The summed E-state index contributed by atoms with van der Waals surface area (Å²) in [6, 6.07) is 2.92. The summed E-state index contributed by atoms with van der Waals surface area (Å²) in [6.45, 7) is 3.92. The van der Waals surface area contributed by atoms with Gasteiger partial charge in [-0.25, -0.2) is 9.78 Å². The van der Waals surface area contributed by atoms with E-state index in [-0.39, 0.29) is 5.91 Å². The van der Waals surface area contributed by atoms with Crippen LogP contribution >= 0.6 is 23.4 Å². The second-order valence-corrected chi connectivity index (χ2v) is 5.14. The maximum absolute atomic E-state index is 11.7.